The number of benzene rings is 1. The maximum Gasteiger partial charge on any atom is 0.490 e. The maximum absolute atomic E-state index is 10.6. The third-order valence-corrected chi connectivity index (χ3v) is 3.68. The Balaban J connectivity index is 0.000000305. The standard InChI is InChI=1S/C15H15N3.2C2HF3O2/c1-11-17-14(12-6-3-2-4-7-12)15(18-11)13-8-5-9-16-10-13;2*3-2(4,5)1(6)7/h2-10,14-15H,1H3,(H,17,18);2*(H,6,7)/t14-,15+;;/m0../s1. The Kier molecular flexibility index (Phi) is 9.17. The third-order valence-electron chi connectivity index (χ3n) is 3.68. The van der Waals surface area contributed by atoms with Crippen molar-refractivity contribution in [1.29, 1.82) is 0 Å². The number of carboxylic acid groups (broad SMARTS) is 2. The summed E-state index contributed by atoms with van der Waals surface area (Å²) in [5.74, 6) is -4.53. The Morgan fingerprint density at radius 1 is 0.875 bits per heavy atom. The largest absolute Gasteiger partial charge is 0.490 e. The summed E-state index contributed by atoms with van der Waals surface area (Å²) < 4.78 is 63.5. The van der Waals surface area contributed by atoms with Gasteiger partial charge in [0.25, 0.3) is 0 Å². The zero-order valence-electron chi connectivity index (χ0n) is 16.2. The first kappa shape index (κ1) is 26.4. The third kappa shape index (κ3) is 8.62. The second kappa shape index (κ2) is 11.1. The summed E-state index contributed by atoms with van der Waals surface area (Å²) in [6.07, 6.45) is -6.48. The fourth-order valence-electron chi connectivity index (χ4n) is 2.37. The topological polar surface area (TPSA) is 112 Å². The van der Waals surface area contributed by atoms with Crippen LogP contribution in [0.5, 0.6) is 0 Å². The summed E-state index contributed by atoms with van der Waals surface area (Å²) in [7, 11) is 0. The molecule has 2 aromatic rings. The molecule has 0 aliphatic carbocycles. The minimum atomic E-state index is -5.08. The summed E-state index contributed by atoms with van der Waals surface area (Å²) in [6, 6.07) is 14.8. The molecule has 2 atom stereocenters. The minimum Gasteiger partial charge on any atom is -0.475 e. The zero-order valence-corrected chi connectivity index (χ0v) is 16.2. The van der Waals surface area contributed by atoms with Crippen LogP contribution in [0.15, 0.2) is 59.9 Å². The number of alkyl halides is 6. The van der Waals surface area contributed by atoms with Crippen molar-refractivity contribution in [2.24, 2.45) is 4.99 Å². The number of pyridine rings is 1. The van der Waals surface area contributed by atoms with Crippen molar-refractivity contribution >= 4 is 17.8 Å². The van der Waals surface area contributed by atoms with Crippen LogP contribution >= 0.6 is 0 Å². The molecule has 0 radical (unpaired) electrons. The fourth-order valence-corrected chi connectivity index (χ4v) is 2.37. The number of rotatable bonds is 2. The normalized spacial score (nSPS) is 17.5. The highest BCUT2D eigenvalue weighted by Gasteiger charge is 2.38. The highest BCUT2D eigenvalue weighted by atomic mass is 19.4. The average molecular weight is 465 g/mol. The van der Waals surface area contributed by atoms with Crippen LogP contribution in [0.4, 0.5) is 26.3 Å². The number of aliphatic carboxylic acids is 2. The van der Waals surface area contributed by atoms with Crippen molar-refractivity contribution in [2.75, 3.05) is 0 Å². The van der Waals surface area contributed by atoms with Gasteiger partial charge in [-0.05, 0) is 24.1 Å². The molecule has 0 fully saturated rings. The van der Waals surface area contributed by atoms with Crippen molar-refractivity contribution < 1.29 is 46.1 Å². The molecule has 174 valence electrons. The van der Waals surface area contributed by atoms with Gasteiger partial charge in [-0.3, -0.25) is 9.98 Å². The average Bonchev–Trinajstić information content (AvgIpc) is 3.11. The number of carbonyl (C=O) groups is 2. The van der Waals surface area contributed by atoms with Gasteiger partial charge in [0.1, 0.15) is 6.04 Å². The molecule has 0 amide bonds. The molecule has 13 heteroatoms. The van der Waals surface area contributed by atoms with Gasteiger partial charge in [0.15, 0.2) is 0 Å². The van der Waals surface area contributed by atoms with E-state index >= 15 is 0 Å². The van der Waals surface area contributed by atoms with Gasteiger partial charge in [-0.15, -0.1) is 0 Å². The van der Waals surface area contributed by atoms with Gasteiger partial charge in [0, 0.05) is 12.4 Å². The summed E-state index contributed by atoms with van der Waals surface area (Å²) in [4.78, 5) is 26.7. The fraction of sp³-hybridized carbons (Fsp3) is 0.263. The summed E-state index contributed by atoms with van der Waals surface area (Å²) in [5, 5.41) is 17.7. The highest BCUT2D eigenvalue weighted by Crippen LogP contribution is 2.35. The monoisotopic (exact) mass is 465 g/mol. The predicted molar refractivity (Wildman–Crippen MR) is 99.8 cm³/mol. The van der Waals surface area contributed by atoms with Crippen LogP contribution in [0.3, 0.4) is 0 Å². The molecule has 0 unspecified atom stereocenters. The Hall–Kier alpha value is -3.64. The lowest BCUT2D eigenvalue weighted by atomic mass is 9.96. The van der Waals surface area contributed by atoms with E-state index in [2.05, 4.69) is 45.6 Å². The number of halogens is 6. The van der Waals surface area contributed by atoms with Crippen molar-refractivity contribution in [3.63, 3.8) is 0 Å². The van der Waals surface area contributed by atoms with E-state index in [0.717, 1.165) is 11.4 Å². The van der Waals surface area contributed by atoms with Crippen molar-refractivity contribution in [3.05, 3.63) is 66.0 Å². The second-order valence-corrected chi connectivity index (χ2v) is 6.08. The van der Waals surface area contributed by atoms with E-state index in [9.17, 15) is 26.3 Å². The van der Waals surface area contributed by atoms with E-state index < -0.39 is 24.3 Å². The Labute approximate surface area is 177 Å². The number of nitrogens with one attached hydrogen (secondary N) is 1. The van der Waals surface area contributed by atoms with Crippen LogP contribution in [0.1, 0.15) is 30.1 Å². The smallest absolute Gasteiger partial charge is 0.475 e. The van der Waals surface area contributed by atoms with Crippen LogP contribution in [-0.2, 0) is 9.59 Å². The maximum atomic E-state index is 10.6. The van der Waals surface area contributed by atoms with Crippen molar-refractivity contribution in [3.8, 4) is 0 Å². The molecule has 32 heavy (non-hydrogen) atoms. The predicted octanol–water partition coefficient (Wildman–Crippen LogP) is 4.15. The number of amidine groups is 1. The molecule has 1 aromatic heterocycles. The number of aromatic nitrogens is 1. The van der Waals surface area contributed by atoms with E-state index in [1.165, 1.54) is 5.56 Å². The molecular formula is C19H17F6N3O4. The van der Waals surface area contributed by atoms with Crippen molar-refractivity contribution in [2.45, 2.75) is 31.4 Å². The van der Waals surface area contributed by atoms with Gasteiger partial charge in [-0.1, -0.05) is 36.4 Å². The molecule has 7 nitrogen and oxygen atoms in total. The summed E-state index contributed by atoms with van der Waals surface area (Å²) >= 11 is 0. The molecule has 3 N–H and O–H groups in total. The molecule has 1 aromatic carbocycles. The zero-order chi connectivity index (χ0) is 24.5. The quantitative estimate of drug-likeness (QED) is 0.575. The number of hydrogen-bond acceptors (Lipinski definition) is 5. The number of hydrogen-bond donors (Lipinski definition) is 3. The molecule has 2 heterocycles. The van der Waals surface area contributed by atoms with Crippen LogP contribution in [0.25, 0.3) is 0 Å². The molecule has 3 rings (SSSR count). The summed E-state index contributed by atoms with van der Waals surface area (Å²) in [5.41, 5.74) is 2.41. The first-order chi connectivity index (χ1) is 14.7. The van der Waals surface area contributed by atoms with Gasteiger partial charge in [0.05, 0.1) is 11.9 Å². The molecule has 1 aliphatic rings. The van der Waals surface area contributed by atoms with Crippen LogP contribution in [0.2, 0.25) is 0 Å². The van der Waals surface area contributed by atoms with E-state index in [1.807, 2.05) is 25.3 Å². The van der Waals surface area contributed by atoms with E-state index in [1.54, 1.807) is 6.20 Å². The van der Waals surface area contributed by atoms with Crippen LogP contribution in [0, 0.1) is 0 Å². The summed E-state index contributed by atoms with van der Waals surface area (Å²) in [6.45, 7) is 2.01. The Bertz CT molecular complexity index is 894. The van der Waals surface area contributed by atoms with Crippen molar-refractivity contribution in [1.82, 2.24) is 10.3 Å². The SMILES string of the molecule is CC1=N[C@H](c2cccnc2)[C@H](c2ccccc2)N1.O=C(O)C(F)(F)F.O=C(O)C(F)(F)F. The van der Waals surface area contributed by atoms with Gasteiger partial charge in [0.2, 0.25) is 0 Å². The van der Waals surface area contributed by atoms with Gasteiger partial charge >= 0.3 is 24.3 Å². The lowest BCUT2D eigenvalue weighted by Gasteiger charge is -2.19. The first-order valence-electron chi connectivity index (χ1n) is 8.59. The Morgan fingerprint density at radius 3 is 1.75 bits per heavy atom. The second-order valence-electron chi connectivity index (χ2n) is 6.08. The molecule has 1 aliphatic heterocycles. The molecule has 0 saturated heterocycles. The first-order valence-corrected chi connectivity index (χ1v) is 8.59. The van der Waals surface area contributed by atoms with Crippen LogP contribution < -0.4 is 5.32 Å². The van der Waals surface area contributed by atoms with Gasteiger partial charge < -0.3 is 15.5 Å². The highest BCUT2D eigenvalue weighted by molar-refractivity contribution is 5.82. The minimum absolute atomic E-state index is 0.112. The molecule has 0 bridgehead atoms. The van der Waals surface area contributed by atoms with E-state index in [4.69, 9.17) is 19.8 Å². The lowest BCUT2D eigenvalue weighted by molar-refractivity contribution is -0.193. The number of carboxylic acids is 2. The van der Waals surface area contributed by atoms with E-state index in [0.29, 0.717) is 0 Å². The van der Waals surface area contributed by atoms with Crippen LogP contribution in [-0.4, -0.2) is 45.3 Å². The Morgan fingerprint density at radius 2 is 1.34 bits per heavy atom. The number of aliphatic imine (C=N–C) groups is 1. The number of nitrogens with zero attached hydrogens (tertiary/aromatic N) is 2. The lowest BCUT2D eigenvalue weighted by Crippen LogP contribution is -2.22. The van der Waals surface area contributed by atoms with Gasteiger partial charge in [-0.2, -0.15) is 26.3 Å². The molecule has 0 spiro atoms. The van der Waals surface area contributed by atoms with E-state index in [-0.39, 0.29) is 12.1 Å². The molecular weight excluding hydrogens is 448 g/mol. The van der Waals surface area contributed by atoms with Gasteiger partial charge in [-0.25, -0.2) is 9.59 Å². The molecule has 0 saturated carbocycles.